The zero-order valence-corrected chi connectivity index (χ0v) is 7.88. The number of ketones is 1. The van der Waals surface area contributed by atoms with Gasteiger partial charge in [0.2, 0.25) is 0 Å². The van der Waals surface area contributed by atoms with Crippen LogP contribution in [0.2, 0.25) is 0 Å². The summed E-state index contributed by atoms with van der Waals surface area (Å²) >= 11 is 0. The molecule has 0 aromatic heterocycles. The van der Waals surface area contributed by atoms with E-state index in [0.29, 0.717) is 17.6 Å². The molecule has 0 saturated heterocycles. The van der Waals surface area contributed by atoms with Crippen molar-refractivity contribution < 1.29 is 4.79 Å². The van der Waals surface area contributed by atoms with E-state index in [1.807, 2.05) is 0 Å². The van der Waals surface area contributed by atoms with Crippen LogP contribution in [0.3, 0.4) is 0 Å². The zero-order valence-electron chi connectivity index (χ0n) is 7.88. The molecule has 0 aliphatic heterocycles. The molecule has 2 rings (SSSR count). The predicted molar refractivity (Wildman–Crippen MR) is 48.9 cm³/mol. The maximum atomic E-state index is 11.7. The summed E-state index contributed by atoms with van der Waals surface area (Å²) in [5, 5.41) is 0. The number of hydrogen-bond donors (Lipinski definition) is 0. The van der Waals surface area contributed by atoms with Crippen LogP contribution < -0.4 is 0 Å². The molecule has 2 fully saturated rings. The minimum absolute atomic E-state index is 0.456. The molecule has 2 saturated carbocycles. The van der Waals surface area contributed by atoms with Gasteiger partial charge >= 0.3 is 0 Å². The molecule has 2 aliphatic rings. The van der Waals surface area contributed by atoms with Crippen LogP contribution in [0.25, 0.3) is 0 Å². The smallest absolute Gasteiger partial charge is 0.139 e. The molecular weight excluding hydrogens is 148 g/mol. The molecule has 2 aliphatic carbocycles. The first-order chi connectivity index (χ1) is 5.77. The van der Waals surface area contributed by atoms with E-state index in [9.17, 15) is 4.79 Å². The minimum atomic E-state index is 0.456. The molecule has 1 unspecified atom stereocenters. The highest BCUT2D eigenvalue weighted by Gasteiger charge is 2.35. The number of fused-ring (bicyclic) bond motifs is 2. The van der Waals surface area contributed by atoms with Gasteiger partial charge in [-0.15, -0.1) is 0 Å². The van der Waals surface area contributed by atoms with Crippen LogP contribution in [0.15, 0.2) is 0 Å². The molecule has 12 heavy (non-hydrogen) atoms. The number of hydrogen-bond acceptors (Lipinski definition) is 1. The second-order valence-corrected chi connectivity index (χ2v) is 4.63. The first-order valence-corrected chi connectivity index (χ1v) is 5.31. The van der Waals surface area contributed by atoms with E-state index in [0.717, 1.165) is 5.92 Å². The number of carbonyl (C=O) groups excluding carboxylic acids is 1. The Balaban J connectivity index is 2.05. The summed E-state index contributed by atoms with van der Waals surface area (Å²) in [5.74, 6) is 2.37. The van der Waals surface area contributed by atoms with Gasteiger partial charge in [0.1, 0.15) is 5.78 Å². The molecule has 0 aromatic carbocycles. The van der Waals surface area contributed by atoms with Gasteiger partial charge in [-0.1, -0.05) is 19.8 Å². The van der Waals surface area contributed by atoms with Crippen LogP contribution in [0, 0.1) is 17.8 Å². The van der Waals surface area contributed by atoms with Crippen LogP contribution in [-0.2, 0) is 4.79 Å². The Hall–Kier alpha value is -0.330. The van der Waals surface area contributed by atoms with Crippen LogP contribution in [0.4, 0.5) is 0 Å². The van der Waals surface area contributed by atoms with Crippen molar-refractivity contribution in [1.29, 1.82) is 0 Å². The molecule has 0 heterocycles. The molecule has 0 amide bonds. The highest BCUT2D eigenvalue weighted by atomic mass is 16.1. The fraction of sp³-hybridized carbons (Fsp3) is 0.909. The van der Waals surface area contributed by atoms with Crippen molar-refractivity contribution in [2.45, 2.75) is 45.4 Å². The molecule has 1 heteroatoms. The molecule has 0 aromatic rings. The Morgan fingerprint density at radius 2 is 1.33 bits per heavy atom. The van der Waals surface area contributed by atoms with E-state index < -0.39 is 0 Å². The third kappa shape index (κ3) is 1.41. The molecule has 0 spiro atoms. The van der Waals surface area contributed by atoms with Crippen molar-refractivity contribution in [3.8, 4) is 0 Å². The molecule has 1 nitrogen and oxygen atoms in total. The topological polar surface area (TPSA) is 17.1 Å². The quantitative estimate of drug-likeness (QED) is 0.541. The number of rotatable bonds is 0. The second-order valence-electron chi connectivity index (χ2n) is 4.63. The SMILES string of the molecule is CC1CC[C@@H]2CC[C@H](CC1)C2=O. The average molecular weight is 166 g/mol. The zero-order chi connectivity index (χ0) is 8.55. The molecule has 3 atom stereocenters. The van der Waals surface area contributed by atoms with Gasteiger partial charge < -0.3 is 0 Å². The normalized spacial score (nSPS) is 42.4. The Bertz CT molecular complexity index is 167. The maximum Gasteiger partial charge on any atom is 0.139 e. The molecule has 0 N–H and O–H groups in total. The standard InChI is InChI=1S/C11H18O/c1-8-2-4-9-6-7-10(5-3-8)11(9)12/h8-10H,2-7H2,1H3/t8?,9-,10+. The van der Waals surface area contributed by atoms with Crippen molar-refractivity contribution in [1.82, 2.24) is 0 Å². The largest absolute Gasteiger partial charge is 0.299 e. The summed E-state index contributed by atoms with van der Waals surface area (Å²) in [6, 6.07) is 0. The second kappa shape index (κ2) is 3.20. The summed E-state index contributed by atoms with van der Waals surface area (Å²) in [7, 11) is 0. The lowest BCUT2D eigenvalue weighted by molar-refractivity contribution is -0.124. The van der Waals surface area contributed by atoms with Gasteiger partial charge in [-0.3, -0.25) is 4.79 Å². The number of carbonyl (C=O) groups is 1. The minimum Gasteiger partial charge on any atom is -0.299 e. The van der Waals surface area contributed by atoms with E-state index in [-0.39, 0.29) is 0 Å². The van der Waals surface area contributed by atoms with E-state index in [4.69, 9.17) is 0 Å². The van der Waals surface area contributed by atoms with Crippen molar-refractivity contribution in [3.05, 3.63) is 0 Å². The Morgan fingerprint density at radius 3 is 1.83 bits per heavy atom. The van der Waals surface area contributed by atoms with E-state index in [1.54, 1.807) is 0 Å². The van der Waals surface area contributed by atoms with Gasteiger partial charge in [0.05, 0.1) is 0 Å². The molecule has 2 bridgehead atoms. The van der Waals surface area contributed by atoms with E-state index in [2.05, 4.69) is 6.92 Å². The lowest BCUT2D eigenvalue weighted by Gasteiger charge is -2.19. The summed E-state index contributed by atoms with van der Waals surface area (Å²) in [5.41, 5.74) is 0. The van der Waals surface area contributed by atoms with Crippen molar-refractivity contribution in [2.24, 2.45) is 17.8 Å². The lowest BCUT2D eigenvalue weighted by Crippen LogP contribution is -2.18. The van der Waals surface area contributed by atoms with Gasteiger partial charge in [-0.25, -0.2) is 0 Å². The van der Waals surface area contributed by atoms with Gasteiger partial charge in [0.25, 0.3) is 0 Å². The first kappa shape index (κ1) is 8.28. The molecule has 68 valence electrons. The lowest BCUT2D eigenvalue weighted by atomic mass is 9.85. The summed E-state index contributed by atoms with van der Waals surface area (Å²) in [6.07, 6.45) is 7.30. The highest BCUT2D eigenvalue weighted by molar-refractivity contribution is 5.85. The summed E-state index contributed by atoms with van der Waals surface area (Å²) < 4.78 is 0. The van der Waals surface area contributed by atoms with Crippen molar-refractivity contribution in [3.63, 3.8) is 0 Å². The molecule has 0 radical (unpaired) electrons. The third-order valence-corrected chi connectivity index (χ3v) is 3.68. The monoisotopic (exact) mass is 166 g/mol. The summed E-state index contributed by atoms with van der Waals surface area (Å²) in [4.78, 5) is 11.7. The van der Waals surface area contributed by atoms with Crippen molar-refractivity contribution >= 4 is 5.78 Å². The fourth-order valence-corrected chi connectivity index (χ4v) is 2.71. The average Bonchev–Trinajstić information content (AvgIpc) is 2.43. The van der Waals surface area contributed by atoms with Crippen LogP contribution in [0.5, 0.6) is 0 Å². The van der Waals surface area contributed by atoms with Gasteiger partial charge in [-0.05, 0) is 31.6 Å². The summed E-state index contributed by atoms with van der Waals surface area (Å²) in [6.45, 7) is 2.33. The van der Waals surface area contributed by atoms with Crippen molar-refractivity contribution in [2.75, 3.05) is 0 Å². The number of Topliss-reactive ketones (excluding diaryl/α,β-unsaturated/α-hetero) is 1. The highest BCUT2D eigenvalue weighted by Crippen LogP contribution is 2.37. The predicted octanol–water partition coefficient (Wildman–Crippen LogP) is 2.79. The van der Waals surface area contributed by atoms with Gasteiger partial charge in [-0.2, -0.15) is 0 Å². The third-order valence-electron chi connectivity index (χ3n) is 3.68. The van der Waals surface area contributed by atoms with E-state index >= 15 is 0 Å². The Morgan fingerprint density at radius 1 is 0.917 bits per heavy atom. The van der Waals surface area contributed by atoms with Crippen LogP contribution >= 0.6 is 0 Å². The molecular formula is C11H18O. The van der Waals surface area contributed by atoms with Gasteiger partial charge in [0.15, 0.2) is 0 Å². The van der Waals surface area contributed by atoms with Gasteiger partial charge in [0, 0.05) is 11.8 Å². The maximum absolute atomic E-state index is 11.7. The fourth-order valence-electron chi connectivity index (χ4n) is 2.71. The van der Waals surface area contributed by atoms with E-state index in [1.165, 1.54) is 38.5 Å². The van der Waals surface area contributed by atoms with Crippen LogP contribution in [0.1, 0.15) is 45.4 Å². The van der Waals surface area contributed by atoms with Crippen LogP contribution in [-0.4, -0.2) is 5.78 Å². The first-order valence-electron chi connectivity index (χ1n) is 5.31. The Labute approximate surface area is 74.5 Å². The Kier molecular flexibility index (Phi) is 2.20.